The van der Waals surface area contributed by atoms with Crippen molar-refractivity contribution in [1.29, 1.82) is 0 Å². The average Bonchev–Trinajstić information content (AvgIpc) is 2.63. The number of carbonyl (C=O) groups excluding carboxylic acids is 1. The summed E-state index contributed by atoms with van der Waals surface area (Å²) in [4.78, 5) is 11.4. The smallest absolute Gasteiger partial charge is 0.273 e. The number of hydrogen-bond acceptors (Lipinski definition) is 4. The van der Waals surface area contributed by atoms with Crippen molar-refractivity contribution in [2.75, 3.05) is 13.1 Å². The Morgan fingerprint density at radius 2 is 2.47 bits per heavy atom. The normalized spacial score (nSPS) is 10.0. The van der Waals surface area contributed by atoms with Gasteiger partial charge in [0.25, 0.3) is 5.91 Å². The van der Waals surface area contributed by atoms with E-state index in [-0.39, 0.29) is 11.6 Å². The lowest BCUT2D eigenvalue weighted by molar-refractivity contribution is 0.0952. The Hall–Kier alpha value is -1.21. The Morgan fingerprint density at radius 1 is 1.73 bits per heavy atom. The first-order chi connectivity index (χ1) is 7.13. The number of rotatable bonds is 5. The summed E-state index contributed by atoms with van der Waals surface area (Å²) >= 11 is 3.14. The average molecular weight is 274 g/mol. The summed E-state index contributed by atoms with van der Waals surface area (Å²) in [5.74, 6) is -0.279. The van der Waals surface area contributed by atoms with E-state index < -0.39 is 0 Å². The molecule has 0 fully saturated rings. The summed E-state index contributed by atoms with van der Waals surface area (Å²) in [6, 6.07) is 0. The fraction of sp³-hybridized carbons (Fsp3) is 0.375. The molecular weight excluding hydrogens is 262 g/mol. The lowest BCUT2D eigenvalue weighted by atomic mass is 10.4. The highest BCUT2D eigenvalue weighted by atomic mass is 79.9. The molecule has 1 heterocycles. The second kappa shape index (κ2) is 5.62. The van der Waals surface area contributed by atoms with Crippen LogP contribution in [0.4, 0.5) is 0 Å². The van der Waals surface area contributed by atoms with Crippen molar-refractivity contribution in [3.63, 3.8) is 0 Å². The van der Waals surface area contributed by atoms with E-state index >= 15 is 0 Å². The zero-order chi connectivity index (χ0) is 11.3. The second-order valence-electron chi connectivity index (χ2n) is 2.86. The first kappa shape index (κ1) is 11.9. The summed E-state index contributed by atoms with van der Waals surface area (Å²) < 4.78 is 2.22. The van der Waals surface area contributed by atoms with Crippen molar-refractivity contribution in [1.82, 2.24) is 20.3 Å². The van der Waals surface area contributed by atoms with Crippen LogP contribution in [0.25, 0.3) is 0 Å². The number of hydrogen-bond donors (Lipinski definition) is 2. The van der Waals surface area contributed by atoms with Gasteiger partial charge in [-0.3, -0.25) is 9.48 Å². The van der Waals surface area contributed by atoms with Crippen LogP contribution in [0.15, 0.2) is 17.3 Å². The molecule has 0 spiro atoms. The Kier molecular flexibility index (Phi) is 4.44. The second-order valence-corrected chi connectivity index (χ2v) is 3.98. The number of nitrogens with one attached hydrogen (secondary N) is 1. The zero-order valence-corrected chi connectivity index (χ0v) is 9.70. The van der Waals surface area contributed by atoms with Crippen molar-refractivity contribution in [2.45, 2.75) is 6.54 Å². The molecule has 0 unspecified atom stereocenters. The van der Waals surface area contributed by atoms with E-state index in [1.54, 1.807) is 6.20 Å². The van der Waals surface area contributed by atoms with E-state index in [1.807, 2.05) is 0 Å². The van der Waals surface area contributed by atoms with Crippen molar-refractivity contribution in [2.24, 2.45) is 5.73 Å². The van der Waals surface area contributed by atoms with Gasteiger partial charge in [0.05, 0.1) is 12.7 Å². The summed E-state index contributed by atoms with van der Waals surface area (Å²) in [5.41, 5.74) is 5.61. The minimum Gasteiger partial charge on any atom is -0.346 e. The molecule has 0 saturated heterocycles. The third kappa shape index (κ3) is 3.80. The number of halogens is 1. The van der Waals surface area contributed by atoms with Crippen LogP contribution >= 0.6 is 15.9 Å². The van der Waals surface area contributed by atoms with Gasteiger partial charge in [-0.05, 0) is 0 Å². The zero-order valence-electron chi connectivity index (χ0n) is 8.11. The third-order valence-corrected chi connectivity index (χ3v) is 1.85. The van der Waals surface area contributed by atoms with Crippen molar-refractivity contribution in [3.8, 4) is 0 Å². The fourth-order valence-corrected chi connectivity index (χ4v) is 1.05. The number of nitrogens with zero attached hydrogens (tertiary/aromatic N) is 3. The van der Waals surface area contributed by atoms with Gasteiger partial charge in [0.15, 0.2) is 5.69 Å². The predicted molar refractivity (Wildman–Crippen MR) is 59.5 cm³/mol. The lowest BCUT2D eigenvalue weighted by Crippen LogP contribution is -2.24. The van der Waals surface area contributed by atoms with Crippen LogP contribution in [0, 0.1) is 0 Å². The Morgan fingerprint density at radius 3 is 3.07 bits per heavy atom. The topological polar surface area (TPSA) is 85.8 Å². The molecule has 0 radical (unpaired) electrons. The number of amides is 1. The molecule has 0 aliphatic heterocycles. The largest absolute Gasteiger partial charge is 0.346 e. The van der Waals surface area contributed by atoms with E-state index in [1.165, 1.54) is 4.68 Å². The van der Waals surface area contributed by atoms with Gasteiger partial charge < -0.3 is 11.1 Å². The minimum absolute atomic E-state index is 0.275. The summed E-state index contributed by atoms with van der Waals surface area (Å²) in [5, 5.41) is 10.1. The highest BCUT2D eigenvalue weighted by Crippen LogP contribution is 1.98. The monoisotopic (exact) mass is 273 g/mol. The number of nitrogens with two attached hydrogens (primary N) is 1. The SMILES string of the molecule is C=C(Br)CNC(=O)c1cn(CCN)nn1. The van der Waals surface area contributed by atoms with Crippen molar-refractivity contribution < 1.29 is 4.79 Å². The molecule has 1 rings (SSSR count). The van der Waals surface area contributed by atoms with Gasteiger partial charge in [0.2, 0.25) is 0 Å². The highest BCUT2D eigenvalue weighted by Gasteiger charge is 2.09. The van der Waals surface area contributed by atoms with E-state index in [0.717, 1.165) is 0 Å². The maximum atomic E-state index is 11.4. The van der Waals surface area contributed by atoms with Crippen LogP contribution < -0.4 is 11.1 Å². The quantitative estimate of drug-likeness (QED) is 0.783. The Bertz CT molecular complexity index is 362. The number of aromatic nitrogens is 3. The third-order valence-electron chi connectivity index (χ3n) is 1.57. The minimum atomic E-state index is -0.279. The van der Waals surface area contributed by atoms with Crippen LogP contribution in [0.2, 0.25) is 0 Å². The van der Waals surface area contributed by atoms with Crippen LogP contribution in [0.5, 0.6) is 0 Å². The predicted octanol–water partition coefficient (Wildman–Crippen LogP) is -0.125. The molecular formula is C8H12BrN5O. The molecule has 1 aromatic rings. The highest BCUT2D eigenvalue weighted by molar-refractivity contribution is 9.11. The Labute approximate surface area is 95.6 Å². The molecule has 0 aromatic carbocycles. The van der Waals surface area contributed by atoms with Gasteiger partial charge in [-0.1, -0.05) is 27.7 Å². The summed E-state index contributed by atoms with van der Waals surface area (Å²) in [6.07, 6.45) is 1.55. The maximum absolute atomic E-state index is 11.4. The molecule has 0 atom stereocenters. The lowest BCUT2D eigenvalue weighted by Gasteiger charge is -1.99. The number of carbonyl (C=O) groups is 1. The molecule has 1 aromatic heterocycles. The first-order valence-electron chi connectivity index (χ1n) is 4.35. The van der Waals surface area contributed by atoms with Gasteiger partial charge in [0, 0.05) is 17.6 Å². The molecule has 15 heavy (non-hydrogen) atoms. The first-order valence-corrected chi connectivity index (χ1v) is 5.14. The van der Waals surface area contributed by atoms with Gasteiger partial charge in [0.1, 0.15) is 0 Å². The molecule has 7 heteroatoms. The van der Waals surface area contributed by atoms with E-state index in [0.29, 0.717) is 24.1 Å². The van der Waals surface area contributed by atoms with Gasteiger partial charge in [-0.2, -0.15) is 0 Å². The van der Waals surface area contributed by atoms with E-state index in [9.17, 15) is 4.79 Å². The summed E-state index contributed by atoms with van der Waals surface area (Å²) in [6.45, 7) is 4.97. The molecule has 82 valence electrons. The van der Waals surface area contributed by atoms with Crippen LogP contribution in [-0.4, -0.2) is 34.0 Å². The van der Waals surface area contributed by atoms with Crippen molar-refractivity contribution >= 4 is 21.8 Å². The van der Waals surface area contributed by atoms with E-state index in [4.69, 9.17) is 5.73 Å². The fourth-order valence-electron chi connectivity index (χ4n) is 0.911. The van der Waals surface area contributed by atoms with Gasteiger partial charge >= 0.3 is 0 Å². The van der Waals surface area contributed by atoms with E-state index in [2.05, 4.69) is 38.1 Å². The van der Waals surface area contributed by atoms with Gasteiger partial charge in [-0.15, -0.1) is 5.10 Å². The van der Waals surface area contributed by atoms with Gasteiger partial charge in [-0.25, -0.2) is 0 Å². The van der Waals surface area contributed by atoms with Crippen molar-refractivity contribution in [3.05, 3.63) is 23.0 Å². The molecule has 0 bridgehead atoms. The molecule has 0 saturated carbocycles. The van der Waals surface area contributed by atoms with Crippen LogP contribution in [-0.2, 0) is 6.54 Å². The molecule has 0 aliphatic carbocycles. The molecule has 0 aliphatic rings. The summed E-state index contributed by atoms with van der Waals surface area (Å²) in [7, 11) is 0. The maximum Gasteiger partial charge on any atom is 0.273 e. The van der Waals surface area contributed by atoms with Crippen LogP contribution in [0.1, 0.15) is 10.5 Å². The Balaban J connectivity index is 2.54. The molecule has 1 amide bonds. The standard InChI is InChI=1S/C8H12BrN5O/c1-6(9)4-11-8(15)7-5-14(3-2-10)13-12-7/h5H,1-4,10H2,(H,11,15). The van der Waals surface area contributed by atoms with Crippen LogP contribution in [0.3, 0.4) is 0 Å². The molecule has 6 nitrogen and oxygen atoms in total. The molecule has 3 N–H and O–H groups in total.